The Hall–Kier alpha value is -2.65. The number of carbonyl (C=O) groups excluding carboxylic acids is 1. The number of nitrogens with zero attached hydrogens (tertiary/aromatic N) is 4. The second kappa shape index (κ2) is 8.57. The van der Waals surface area contributed by atoms with E-state index in [1.165, 1.54) is 18.5 Å². The van der Waals surface area contributed by atoms with Crippen molar-refractivity contribution in [2.75, 3.05) is 6.61 Å². The Morgan fingerprint density at radius 3 is 2.61 bits per heavy atom. The molecule has 0 bridgehead atoms. The van der Waals surface area contributed by atoms with Gasteiger partial charge in [0.2, 0.25) is 11.7 Å². The lowest BCUT2D eigenvalue weighted by atomic mass is 10.0. The van der Waals surface area contributed by atoms with Crippen molar-refractivity contribution >= 4 is 29.1 Å². The molecule has 0 aliphatic carbocycles. The predicted molar refractivity (Wildman–Crippen MR) is 102 cm³/mol. The van der Waals surface area contributed by atoms with E-state index in [-0.39, 0.29) is 33.6 Å². The third-order valence-electron chi connectivity index (χ3n) is 3.84. The number of rotatable bonds is 7. The molecule has 2 aromatic heterocycles. The molecule has 2 heterocycles. The average Bonchev–Trinajstić information content (AvgIpc) is 3.33. The van der Waals surface area contributed by atoms with Crippen LogP contribution in [0.3, 0.4) is 0 Å². The van der Waals surface area contributed by atoms with Crippen LogP contribution in [0.15, 0.2) is 23.0 Å². The summed E-state index contributed by atoms with van der Waals surface area (Å²) in [7, 11) is 0. The van der Waals surface area contributed by atoms with Crippen molar-refractivity contribution in [1.82, 2.24) is 30.6 Å². The number of carbonyl (C=O) groups is 1. The quantitative estimate of drug-likeness (QED) is 0.593. The molecule has 3 rings (SSSR count). The number of amides is 1. The van der Waals surface area contributed by atoms with E-state index in [4.69, 9.17) is 32.5 Å². The fourth-order valence-corrected chi connectivity index (χ4v) is 3.08. The molecule has 9 nitrogen and oxygen atoms in total. The molecular weight excluding hydrogens is 407 g/mol. The molecule has 148 valence electrons. The lowest BCUT2D eigenvalue weighted by molar-refractivity contribution is 0.0914. The zero-order valence-electron chi connectivity index (χ0n) is 15.4. The lowest BCUT2D eigenvalue weighted by Crippen LogP contribution is -2.32. The second-order valence-electron chi connectivity index (χ2n) is 6.19. The molecule has 0 fully saturated rings. The fraction of sp³-hybridized carbons (Fsp3) is 0.353. The number of halogens is 2. The molecule has 0 unspecified atom stereocenters. The Balaban J connectivity index is 1.82. The van der Waals surface area contributed by atoms with E-state index in [1.807, 2.05) is 20.8 Å². The maximum Gasteiger partial charge on any atom is 0.252 e. The number of nitrogens with one attached hydrogen (secondary N) is 2. The van der Waals surface area contributed by atoms with Crippen LogP contribution in [0.4, 0.5) is 0 Å². The van der Waals surface area contributed by atoms with Gasteiger partial charge >= 0.3 is 0 Å². The first-order valence-electron chi connectivity index (χ1n) is 8.52. The van der Waals surface area contributed by atoms with Gasteiger partial charge in [-0.15, -0.1) is 0 Å². The summed E-state index contributed by atoms with van der Waals surface area (Å²) in [5.74, 6) is 0.799. The third kappa shape index (κ3) is 4.26. The standard InChI is InChI=1S/C17H18Cl2N6O3/c1-4-27-13-10(18)5-9(6-11(13)19)16(26)22-12(8(2)3)17-23-15(25-28-17)14-20-7-21-24-14/h5-8,12H,4H2,1-3H3,(H,22,26)(H,20,21,24)/t12-/m0/s1. The van der Waals surface area contributed by atoms with Gasteiger partial charge in [-0.25, -0.2) is 4.98 Å². The molecule has 0 aliphatic heterocycles. The van der Waals surface area contributed by atoms with Gasteiger partial charge in [-0.1, -0.05) is 42.2 Å². The molecule has 11 heteroatoms. The Bertz CT molecular complexity index is 935. The number of H-pyrrole nitrogens is 1. The SMILES string of the molecule is CCOc1c(Cl)cc(C(=O)N[C@H](c2nc(-c3ncn[nH]3)no2)C(C)C)cc1Cl. The Labute approximate surface area is 170 Å². The van der Waals surface area contributed by atoms with Gasteiger partial charge in [-0.2, -0.15) is 10.1 Å². The van der Waals surface area contributed by atoms with E-state index in [0.29, 0.717) is 23.7 Å². The van der Waals surface area contributed by atoms with Crippen molar-refractivity contribution in [3.8, 4) is 17.4 Å². The van der Waals surface area contributed by atoms with E-state index in [1.54, 1.807) is 0 Å². The minimum absolute atomic E-state index is 0.0272. The van der Waals surface area contributed by atoms with E-state index in [2.05, 4.69) is 30.6 Å². The summed E-state index contributed by atoms with van der Waals surface area (Å²) in [6, 6.07) is 2.47. The molecular formula is C17H18Cl2N6O3. The van der Waals surface area contributed by atoms with Crippen LogP contribution >= 0.6 is 23.2 Å². The van der Waals surface area contributed by atoms with Crippen molar-refractivity contribution in [2.45, 2.75) is 26.8 Å². The highest BCUT2D eigenvalue weighted by atomic mass is 35.5. The highest BCUT2D eigenvalue weighted by Gasteiger charge is 2.26. The van der Waals surface area contributed by atoms with Crippen LogP contribution in [0.25, 0.3) is 11.6 Å². The van der Waals surface area contributed by atoms with Gasteiger partial charge in [-0.05, 0) is 25.0 Å². The summed E-state index contributed by atoms with van der Waals surface area (Å²) in [6.07, 6.45) is 1.34. The van der Waals surface area contributed by atoms with Crippen LogP contribution < -0.4 is 10.1 Å². The molecule has 28 heavy (non-hydrogen) atoms. The number of ether oxygens (including phenoxy) is 1. The van der Waals surface area contributed by atoms with Crippen molar-refractivity contribution in [3.05, 3.63) is 40.0 Å². The van der Waals surface area contributed by atoms with Gasteiger partial charge in [0, 0.05) is 5.56 Å². The van der Waals surface area contributed by atoms with Gasteiger partial charge in [0.05, 0.1) is 16.7 Å². The minimum Gasteiger partial charge on any atom is -0.491 e. The Morgan fingerprint density at radius 2 is 2.04 bits per heavy atom. The van der Waals surface area contributed by atoms with Crippen LogP contribution in [0.1, 0.15) is 43.1 Å². The van der Waals surface area contributed by atoms with E-state index < -0.39 is 6.04 Å². The number of benzene rings is 1. The number of aromatic amines is 1. The predicted octanol–water partition coefficient (Wildman–Crippen LogP) is 3.69. The molecule has 1 aromatic carbocycles. The Kier molecular flexibility index (Phi) is 6.15. The monoisotopic (exact) mass is 424 g/mol. The van der Waals surface area contributed by atoms with Gasteiger partial charge in [-0.3, -0.25) is 9.89 Å². The smallest absolute Gasteiger partial charge is 0.252 e. The topological polar surface area (TPSA) is 119 Å². The average molecular weight is 425 g/mol. The van der Waals surface area contributed by atoms with Gasteiger partial charge in [0.15, 0.2) is 11.6 Å². The maximum absolute atomic E-state index is 12.8. The van der Waals surface area contributed by atoms with Gasteiger partial charge in [0.1, 0.15) is 12.4 Å². The number of hydrogen-bond donors (Lipinski definition) is 2. The summed E-state index contributed by atoms with van der Waals surface area (Å²) >= 11 is 12.4. The molecule has 0 aliphatic rings. The zero-order valence-corrected chi connectivity index (χ0v) is 16.9. The minimum atomic E-state index is -0.527. The third-order valence-corrected chi connectivity index (χ3v) is 4.40. The summed E-state index contributed by atoms with van der Waals surface area (Å²) in [6.45, 7) is 6.06. The highest BCUT2D eigenvalue weighted by molar-refractivity contribution is 6.37. The highest BCUT2D eigenvalue weighted by Crippen LogP contribution is 2.34. The first-order chi connectivity index (χ1) is 13.4. The molecule has 0 saturated heterocycles. The largest absolute Gasteiger partial charge is 0.491 e. The van der Waals surface area contributed by atoms with Crippen LogP contribution in [0, 0.1) is 5.92 Å². The van der Waals surface area contributed by atoms with E-state index >= 15 is 0 Å². The Morgan fingerprint density at radius 1 is 1.32 bits per heavy atom. The summed E-state index contributed by atoms with van der Waals surface area (Å²) in [4.78, 5) is 21.0. The van der Waals surface area contributed by atoms with Crippen molar-refractivity contribution in [3.63, 3.8) is 0 Å². The van der Waals surface area contributed by atoms with Gasteiger partial charge in [0.25, 0.3) is 5.91 Å². The maximum atomic E-state index is 12.8. The fourth-order valence-electron chi connectivity index (χ4n) is 2.48. The number of hydrogen-bond acceptors (Lipinski definition) is 7. The lowest BCUT2D eigenvalue weighted by Gasteiger charge is -2.19. The van der Waals surface area contributed by atoms with Crippen LogP contribution in [-0.4, -0.2) is 37.8 Å². The normalized spacial score (nSPS) is 12.2. The molecule has 1 atom stereocenters. The van der Waals surface area contributed by atoms with Crippen molar-refractivity contribution in [1.29, 1.82) is 0 Å². The number of aromatic nitrogens is 5. The van der Waals surface area contributed by atoms with Crippen LogP contribution in [-0.2, 0) is 0 Å². The summed E-state index contributed by atoms with van der Waals surface area (Å²) in [5.41, 5.74) is 0.291. The first kappa shape index (κ1) is 20.1. The van der Waals surface area contributed by atoms with E-state index in [0.717, 1.165) is 0 Å². The molecule has 2 N–H and O–H groups in total. The molecule has 0 spiro atoms. The molecule has 0 radical (unpaired) electrons. The van der Waals surface area contributed by atoms with E-state index in [9.17, 15) is 4.79 Å². The second-order valence-corrected chi connectivity index (χ2v) is 7.00. The first-order valence-corrected chi connectivity index (χ1v) is 9.28. The molecule has 1 amide bonds. The zero-order chi connectivity index (χ0) is 20.3. The van der Waals surface area contributed by atoms with Crippen LogP contribution in [0.5, 0.6) is 5.75 Å². The summed E-state index contributed by atoms with van der Waals surface area (Å²) < 4.78 is 10.7. The molecule has 3 aromatic rings. The van der Waals surface area contributed by atoms with Crippen molar-refractivity contribution in [2.24, 2.45) is 5.92 Å². The van der Waals surface area contributed by atoms with Gasteiger partial charge < -0.3 is 14.6 Å². The molecule has 0 saturated carbocycles. The van der Waals surface area contributed by atoms with Crippen LogP contribution in [0.2, 0.25) is 10.0 Å². The summed E-state index contributed by atoms with van der Waals surface area (Å²) in [5, 5.41) is 13.7. The van der Waals surface area contributed by atoms with Crippen molar-refractivity contribution < 1.29 is 14.1 Å².